The molecule has 1 rings (SSSR count). The Morgan fingerprint density at radius 1 is 1.43 bits per heavy atom. The largest absolute Gasteiger partial charge is 0.481 e. The number of ether oxygens (including phenoxy) is 1. The SMILES string of the molecule is CC1COCC(C)N1CCC(=O)O.Cl. The van der Waals surface area contributed by atoms with Crippen LogP contribution in [0.3, 0.4) is 0 Å². The number of hydrogen-bond donors (Lipinski definition) is 1. The lowest BCUT2D eigenvalue weighted by Crippen LogP contribution is -2.50. The number of halogens is 1. The van der Waals surface area contributed by atoms with Crippen molar-refractivity contribution in [1.29, 1.82) is 0 Å². The third kappa shape index (κ3) is 3.82. The van der Waals surface area contributed by atoms with E-state index in [9.17, 15) is 4.79 Å². The smallest absolute Gasteiger partial charge is 0.304 e. The average Bonchev–Trinajstić information content (AvgIpc) is 2.03. The molecule has 1 heterocycles. The maximum atomic E-state index is 10.4. The lowest BCUT2D eigenvalue weighted by Gasteiger charge is -2.38. The Morgan fingerprint density at radius 2 is 1.93 bits per heavy atom. The molecule has 0 bridgehead atoms. The summed E-state index contributed by atoms with van der Waals surface area (Å²) < 4.78 is 5.34. The summed E-state index contributed by atoms with van der Waals surface area (Å²) in [6, 6.07) is 0.672. The van der Waals surface area contributed by atoms with Gasteiger partial charge in [-0.25, -0.2) is 0 Å². The molecule has 0 aromatic rings. The summed E-state index contributed by atoms with van der Waals surface area (Å²) in [6.07, 6.45) is 0.217. The summed E-state index contributed by atoms with van der Waals surface area (Å²) in [4.78, 5) is 12.6. The van der Waals surface area contributed by atoms with Gasteiger partial charge in [0, 0.05) is 18.6 Å². The van der Waals surface area contributed by atoms with Crippen LogP contribution in [0.1, 0.15) is 20.3 Å². The van der Waals surface area contributed by atoms with Crippen LogP contribution in [0.15, 0.2) is 0 Å². The molecule has 0 aromatic carbocycles. The minimum Gasteiger partial charge on any atom is -0.481 e. The highest BCUT2D eigenvalue weighted by Gasteiger charge is 2.25. The molecule has 4 nitrogen and oxygen atoms in total. The van der Waals surface area contributed by atoms with Crippen molar-refractivity contribution >= 4 is 18.4 Å². The first-order valence-electron chi connectivity index (χ1n) is 4.66. The van der Waals surface area contributed by atoms with Gasteiger partial charge in [0.2, 0.25) is 0 Å². The topological polar surface area (TPSA) is 49.8 Å². The molecule has 1 aliphatic heterocycles. The van der Waals surface area contributed by atoms with E-state index in [1.807, 2.05) is 0 Å². The number of carbonyl (C=O) groups is 1. The Labute approximate surface area is 90.6 Å². The lowest BCUT2D eigenvalue weighted by atomic mass is 10.1. The Bertz CT molecular complexity index is 179. The van der Waals surface area contributed by atoms with Crippen molar-refractivity contribution in [2.24, 2.45) is 0 Å². The molecule has 5 heteroatoms. The van der Waals surface area contributed by atoms with E-state index in [4.69, 9.17) is 9.84 Å². The van der Waals surface area contributed by atoms with Crippen LogP contribution in [0.4, 0.5) is 0 Å². The minimum atomic E-state index is -0.731. The maximum Gasteiger partial charge on any atom is 0.304 e. The van der Waals surface area contributed by atoms with Gasteiger partial charge in [0.25, 0.3) is 0 Å². The van der Waals surface area contributed by atoms with Crippen molar-refractivity contribution in [2.75, 3.05) is 19.8 Å². The van der Waals surface area contributed by atoms with Crippen molar-refractivity contribution in [3.8, 4) is 0 Å². The fourth-order valence-electron chi connectivity index (χ4n) is 1.70. The van der Waals surface area contributed by atoms with E-state index in [0.29, 0.717) is 31.8 Å². The zero-order valence-corrected chi connectivity index (χ0v) is 9.42. The van der Waals surface area contributed by atoms with Gasteiger partial charge in [-0.2, -0.15) is 0 Å². The monoisotopic (exact) mass is 223 g/mol. The van der Waals surface area contributed by atoms with Crippen molar-refractivity contribution in [2.45, 2.75) is 32.4 Å². The van der Waals surface area contributed by atoms with Crippen LogP contribution < -0.4 is 0 Å². The van der Waals surface area contributed by atoms with Crippen LogP contribution >= 0.6 is 12.4 Å². The predicted molar refractivity (Wildman–Crippen MR) is 55.9 cm³/mol. The molecular weight excluding hydrogens is 206 g/mol. The second kappa shape index (κ2) is 6.22. The van der Waals surface area contributed by atoms with E-state index in [2.05, 4.69) is 18.7 Å². The second-order valence-corrected chi connectivity index (χ2v) is 3.62. The molecule has 1 aliphatic rings. The van der Waals surface area contributed by atoms with Gasteiger partial charge in [0.05, 0.1) is 19.6 Å². The molecule has 0 spiro atoms. The van der Waals surface area contributed by atoms with Crippen LogP contribution in [0, 0.1) is 0 Å². The van der Waals surface area contributed by atoms with Crippen LogP contribution in [0.2, 0.25) is 0 Å². The fourth-order valence-corrected chi connectivity index (χ4v) is 1.70. The Balaban J connectivity index is 0.00000169. The van der Waals surface area contributed by atoms with Crippen LogP contribution in [-0.4, -0.2) is 47.8 Å². The van der Waals surface area contributed by atoms with Gasteiger partial charge >= 0.3 is 5.97 Å². The molecule has 1 saturated heterocycles. The normalized spacial score (nSPS) is 28.1. The van der Waals surface area contributed by atoms with E-state index in [-0.39, 0.29) is 18.8 Å². The van der Waals surface area contributed by atoms with Crippen molar-refractivity contribution in [3.05, 3.63) is 0 Å². The van der Waals surface area contributed by atoms with E-state index in [0.717, 1.165) is 0 Å². The Hall–Kier alpha value is -0.320. The third-order valence-electron chi connectivity index (χ3n) is 2.43. The van der Waals surface area contributed by atoms with Crippen LogP contribution in [-0.2, 0) is 9.53 Å². The first kappa shape index (κ1) is 13.7. The van der Waals surface area contributed by atoms with Crippen molar-refractivity contribution in [1.82, 2.24) is 4.90 Å². The molecule has 2 unspecified atom stereocenters. The van der Waals surface area contributed by atoms with Gasteiger partial charge in [-0.3, -0.25) is 9.69 Å². The molecule has 0 saturated carbocycles. The van der Waals surface area contributed by atoms with E-state index < -0.39 is 5.97 Å². The molecule has 0 amide bonds. The minimum absolute atomic E-state index is 0. The van der Waals surface area contributed by atoms with Gasteiger partial charge < -0.3 is 9.84 Å². The van der Waals surface area contributed by atoms with Gasteiger partial charge in [-0.05, 0) is 13.8 Å². The number of rotatable bonds is 3. The average molecular weight is 224 g/mol. The first-order valence-corrected chi connectivity index (χ1v) is 4.66. The molecular formula is C9H18ClNO3. The van der Waals surface area contributed by atoms with Gasteiger partial charge in [-0.1, -0.05) is 0 Å². The van der Waals surface area contributed by atoms with E-state index in [1.165, 1.54) is 0 Å². The zero-order chi connectivity index (χ0) is 9.84. The molecule has 84 valence electrons. The Kier molecular flexibility index (Phi) is 6.08. The van der Waals surface area contributed by atoms with Crippen molar-refractivity contribution < 1.29 is 14.6 Å². The van der Waals surface area contributed by atoms with Crippen LogP contribution in [0.5, 0.6) is 0 Å². The second-order valence-electron chi connectivity index (χ2n) is 3.62. The number of aliphatic carboxylic acids is 1. The number of carboxylic acid groups (broad SMARTS) is 1. The summed E-state index contributed by atoms with van der Waals surface area (Å²) in [5.74, 6) is -0.731. The first-order chi connectivity index (χ1) is 6.11. The van der Waals surface area contributed by atoms with E-state index >= 15 is 0 Å². The van der Waals surface area contributed by atoms with Gasteiger partial charge in [0.15, 0.2) is 0 Å². The highest BCUT2D eigenvalue weighted by molar-refractivity contribution is 5.85. The molecule has 0 aliphatic carbocycles. The lowest BCUT2D eigenvalue weighted by molar-refractivity contribution is -0.138. The summed E-state index contributed by atoms with van der Waals surface area (Å²) in [5.41, 5.74) is 0. The number of carboxylic acids is 1. The molecule has 0 radical (unpaired) electrons. The molecule has 1 fully saturated rings. The third-order valence-corrected chi connectivity index (χ3v) is 2.43. The predicted octanol–water partition coefficient (Wildman–Crippen LogP) is 0.992. The highest BCUT2D eigenvalue weighted by atomic mass is 35.5. The quantitative estimate of drug-likeness (QED) is 0.776. The van der Waals surface area contributed by atoms with E-state index in [1.54, 1.807) is 0 Å². The summed E-state index contributed by atoms with van der Waals surface area (Å²) in [5, 5.41) is 8.56. The summed E-state index contributed by atoms with van der Waals surface area (Å²) in [6.45, 7) is 6.18. The molecule has 2 atom stereocenters. The van der Waals surface area contributed by atoms with Crippen LogP contribution in [0.25, 0.3) is 0 Å². The number of morpholine rings is 1. The maximum absolute atomic E-state index is 10.4. The highest BCUT2D eigenvalue weighted by Crippen LogP contribution is 2.12. The molecule has 0 aromatic heterocycles. The standard InChI is InChI=1S/C9H17NO3.ClH/c1-7-5-13-6-8(2)10(7)4-3-9(11)12;/h7-8H,3-6H2,1-2H3,(H,11,12);1H. The van der Waals surface area contributed by atoms with Crippen molar-refractivity contribution in [3.63, 3.8) is 0 Å². The van der Waals surface area contributed by atoms with Gasteiger partial charge in [-0.15, -0.1) is 12.4 Å². The fraction of sp³-hybridized carbons (Fsp3) is 0.889. The molecule has 1 N–H and O–H groups in total. The van der Waals surface area contributed by atoms with Gasteiger partial charge in [0.1, 0.15) is 0 Å². The number of hydrogen-bond acceptors (Lipinski definition) is 3. The summed E-state index contributed by atoms with van der Waals surface area (Å²) >= 11 is 0. The Morgan fingerprint density at radius 3 is 2.36 bits per heavy atom. The summed E-state index contributed by atoms with van der Waals surface area (Å²) in [7, 11) is 0. The zero-order valence-electron chi connectivity index (χ0n) is 8.60. The molecule has 14 heavy (non-hydrogen) atoms. The number of nitrogens with zero attached hydrogens (tertiary/aromatic N) is 1.